The lowest BCUT2D eigenvalue weighted by atomic mass is 9.83. The minimum Gasteiger partial charge on any atom is -0.313 e. The first-order valence-corrected chi connectivity index (χ1v) is 8.22. The zero-order chi connectivity index (χ0) is 15.6. The summed E-state index contributed by atoms with van der Waals surface area (Å²) in [5.41, 5.74) is 2.99. The van der Waals surface area contributed by atoms with Crippen LogP contribution < -0.4 is 5.32 Å². The molecular formula is C18H36N2. The summed E-state index contributed by atoms with van der Waals surface area (Å²) < 4.78 is 0. The molecule has 0 aromatic rings. The number of hydrogen-bond acceptors (Lipinski definition) is 2. The molecule has 118 valence electrons. The quantitative estimate of drug-likeness (QED) is 0.546. The standard InChI is InChI=1S/C18H36N2/c1-8-10-11-16(12-13-18(4,5)6)17(19-7)15(3)14-20-9-2/h16,20H,7-14H2,1-6H3/b17-15+. The molecular weight excluding hydrogens is 244 g/mol. The number of nitrogens with zero attached hydrogens (tertiary/aromatic N) is 1. The van der Waals surface area contributed by atoms with E-state index in [1.807, 2.05) is 0 Å². The highest BCUT2D eigenvalue weighted by atomic mass is 14.8. The molecule has 0 rings (SSSR count). The molecule has 0 aliphatic heterocycles. The Bertz CT molecular complexity index is 297. The highest BCUT2D eigenvalue weighted by Gasteiger charge is 2.19. The van der Waals surface area contributed by atoms with Gasteiger partial charge in [0, 0.05) is 18.2 Å². The van der Waals surface area contributed by atoms with E-state index in [0.717, 1.165) is 13.1 Å². The number of allylic oxidation sites excluding steroid dienone is 1. The van der Waals surface area contributed by atoms with Gasteiger partial charge >= 0.3 is 0 Å². The Kier molecular flexibility index (Phi) is 9.83. The minimum atomic E-state index is 0.395. The molecule has 1 unspecified atom stereocenters. The average molecular weight is 280 g/mol. The van der Waals surface area contributed by atoms with Crippen LogP contribution in [0.2, 0.25) is 0 Å². The van der Waals surface area contributed by atoms with Crippen molar-refractivity contribution < 1.29 is 0 Å². The van der Waals surface area contributed by atoms with Crippen molar-refractivity contribution in [2.24, 2.45) is 16.3 Å². The molecule has 1 atom stereocenters. The van der Waals surface area contributed by atoms with E-state index in [-0.39, 0.29) is 0 Å². The van der Waals surface area contributed by atoms with Crippen LogP contribution in [0.5, 0.6) is 0 Å². The van der Waals surface area contributed by atoms with Crippen molar-refractivity contribution in [2.75, 3.05) is 13.1 Å². The third-order valence-corrected chi connectivity index (χ3v) is 3.78. The maximum absolute atomic E-state index is 4.38. The van der Waals surface area contributed by atoms with Gasteiger partial charge in [-0.2, -0.15) is 0 Å². The molecule has 2 nitrogen and oxygen atoms in total. The molecule has 1 N–H and O–H groups in total. The predicted molar refractivity (Wildman–Crippen MR) is 92.5 cm³/mol. The van der Waals surface area contributed by atoms with Crippen molar-refractivity contribution in [3.05, 3.63) is 11.3 Å². The van der Waals surface area contributed by atoms with Gasteiger partial charge in [0.05, 0.1) is 0 Å². The fraction of sp³-hybridized carbons (Fsp3) is 0.833. The lowest BCUT2D eigenvalue weighted by molar-refractivity contribution is 0.326. The van der Waals surface area contributed by atoms with Crippen molar-refractivity contribution in [2.45, 2.75) is 73.6 Å². The van der Waals surface area contributed by atoms with E-state index < -0.39 is 0 Å². The van der Waals surface area contributed by atoms with Crippen molar-refractivity contribution >= 4 is 6.72 Å². The van der Waals surface area contributed by atoms with Crippen LogP contribution in [0, 0.1) is 11.3 Å². The molecule has 0 fully saturated rings. The third kappa shape index (κ3) is 8.52. The Morgan fingerprint density at radius 3 is 2.30 bits per heavy atom. The number of hydrogen-bond donors (Lipinski definition) is 1. The smallest absolute Gasteiger partial charge is 0.0429 e. The molecule has 0 aliphatic carbocycles. The van der Waals surface area contributed by atoms with Crippen molar-refractivity contribution in [3.8, 4) is 0 Å². The summed E-state index contributed by atoms with van der Waals surface area (Å²) in [5, 5.41) is 3.40. The molecule has 0 aliphatic rings. The van der Waals surface area contributed by atoms with Gasteiger partial charge in [0.25, 0.3) is 0 Å². The van der Waals surface area contributed by atoms with Crippen molar-refractivity contribution in [1.82, 2.24) is 5.32 Å². The van der Waals surface area contributed by atoms with Crippen LogP contribution in [0.15, 0.2) is 16.3 Å². The van der Waals surface area contributed by atoms with E-state index in [9.17, 15) is 0 Å². The van der Waals surface area contributed by atoms with Crippen LogP contribution in [0.1, 0.15) is 73.6 Å². The Balaban J connectivity index is 4.89. The van der Waals surface area contributed by atoms with Crippen LogP contribution in [-0.4, -0.2) is 19.8 Å². The highest BCUT2D eigenvalue weighted by molar-refractivity contribution is 5.32. The van der Waals surface area contributed by atoms with Crippen molar-refractivity contribution in [1.29, 1.82) is 0 Å². The van der Waals surface area contributed by atoms with Crippen LogP contribution in [0.3, 0.4) is 0 Å². The molecule has 0 radical (unpaired) electrons. The fourth-order valence-corrected chi connectivity index (χ4v) is 2.49. The second-order valence-corrected chi connectivity index (χ2v) is 7.04. The van der Waals surface area contributed by atoms with Gasteiger partial charge in [-0.1, -0.05) is 47.5 Å². The number of likely N-dealkylation sites (N-methyl/N-ethyl adjacent to an activating group) is 1. The van der Waals surface area contributed by atoms with E-state index in [1.165, 1.54) is 43.4 Å². The van der Waals surface area contributed by atoms with E-state index >= 15 is 0 Å². The van der Waals surface area contributed by atoms with Gasteiger partial charge < -0.3 is 5.32 Å². The van der Waals surface area contributed by atoms with Gasteiger partial charge in [0.1, 0.15) is 0 Å². The monoisotopic (exact) mass is 280 g/mol. The maximum atomic E-state index is 4.38. The fourth-order valence-electron chi connectivity index (χ4n) is 2.49. The van der Waals surface area contributed by atoms with Gasteiger partial charge in [-0.05, 0) is 50.4 Å². The molecule has 2 heteroatoms. The Labute approximate surface area is 127 Å². The molecule has 0 aromatic carbocycles. The van der Waals surface area contributed by atoms with E-state index in [1.54, 1.807) is 0 Å². The number of unbranched alkanes of at least 4 members (excludes halogenated alkanes) is 1. The molecule has 0 spiro atoms. The second-order valence-electron chi connectivity index (χ2n) is 7.04. The van der Waals surface area contributed by atoms with Crippen molar-refractivity contribution in [3.63, 3.8) is 0 Å². The summed E-state index contributed by atoms with van der Waals surface area (Å²) in [6.45, 7) is 19.3. The Hall–Kier alpha value is -0.630. The number of aliphatic imine (C=N–C) groups is 1. The van der Waals surface area contributed by atoms with E-state index in [2.05, 4.69) is 58.6 Å². The van der Waals surface area contributed by atoms with Gasteiger partial charge in [-0.25, -0.2) is 0 Å². The van der Waals surface area contributed by atoms with Gasteiger partial charge in [-0.3, -0.25) is 4.99 Å². The highest BCUT2D eigenvalue weighted by Crippen LogP contribution is 2.31. The van der Waals surface area contributed by atoms with Crippen LogP contribution in [0.25, 0.3) is 0 Å². The first-order chi connectivity index (χ1) is 9.35. The van der Waals surface area contributed by atoms with Crippen LogP contribution in [0.4, 0.5) is 0 Å². The zero-order valence-electron chi connectivity index (χ0n) is 14.7. The van der Waals surface area contributed by atoms with E-state index in [0.29, 0.717) is 11.3 Å². The molecule has 0 aromatic heterocycles. The molecule has 0 bridgehead atoms. The maximum Gasteiger partial charge on any atom is 0.0429 e. The Morgan fingerprint density at radius 2 is 1.85 bits per heavy atom. The summed E-state index contributed by atoms with van der Waals surface area (Å²) in [5.74, 6) is 0.574. The minimum absolute atomic E-state index is 0.395. The summed E-state index contributed by atoms with van der Waals surface area (Å²) in [7, 11) is 0. The molecule has 0 saturated heterocycles. The zero-order valence-corrected chi connectivity index (χ0v) is 14.7. The first kappa shape index (κ1) is 19.4. The molecule has 0 amide bonds. The summed E-state index contributed by atoms with van der Waals surface area (Å²) in [6.07, 6.45) is 6.24. The topological polar surface area (TPSA) is 24.4 Å². The third-order valence-electron chi connectivity index (χ3n) is 3.78. The SMILES string of the molecule is C=N/C(=C(\C)CNCC)C(CCCC)CCC(C)(C)C. The van der Waals surface area contributed by atoms with Gasteiger partial charge in [-0.15, -0.1) is 0 Å². The Morgan fingerprint density at radius 1 is 1.20 bits per heavy atom. The molecule has 20 heavy (non-hydrogen) atoms. The normalized spacial score (nSPS) is 14.9. The predicted octanol–water partition coefficient (Wildman–Crippen LogP) is 5.20. The van der Waals surface area contributed by atoms with E-state index in [4.69, 9.17) is 0 Å². The van der Waals surface area contributed by atoms with Crippen LogP contribution in [-0.2, 0) is 0 Å². The largest absolute Gasteiger partial charge is 0.313 e. The number of nitrogens with one attached hydrogen (secondary N) is 1. The molecule has 0 saturated carbocycles. The lowest BCUT2D eigenvalue weighted by Gasteiger charge is -2.25. The van der Waals surface area contributed by atoms with Crippen LogP contribution >= 0.6 is 0 Å². The summed E-state index contributed by atoms with van der Waals surface area (Å²) >= 11 is 0. The average Bonchev–Trinajstić information content (AvgIpc) is 2.38. The number of rotatable bonds is 10. The lowest BCUT2D eigenvalue weighted by Crippen LogP contribution is -2.18. The summed E-state index contributed by atoms with van der Waals surface area (Å²) in [4.78, 5) is 4.38. The van der Waals surface area contributed by atoms with Gasteiger partial charge in [0.15, 0.2) is 0 Å². The second kappa shape index (κ2) is 10.1. The van der Waals surface area contributed by atoms with Gasteiger partial charge in [0.2, 0.25) is 0 Å². The summed E-state index contributed by atoms with van der Waals surface area (Å²) in [6, 6.07) is 0. The first-order valence-electron chi connectivity index (χ1n) is 8.22. The molecule has 0 heterocycles.